The Balaban J connectivity index is 1.74. The van der Waals surface area contributed by atoms with Crippen molar-refractivity contribution in [1.29, 1.82) is 0 Å². The summed E-state index contributed by atoms with van der Waals surface area (Å²) in [5.74, 6) is -0.187. The van der Waals surface area contributed by atoms with Gasteiger partial charge in [0.2, 0.25) is 0 Å². The van der Waals surface area contributed by atoms with Crippen molar-refractivity contribution in [1.82, 2.24) is 20.3 Å². The molecular formula is C14H16N4O. The lowest BCUT2D eigenvalue weighted by atomic mass is 10.2. The van der Waals surface area contributed by atoms with Crippen LogP contribution in [0.3, 0.4) is 0 Å². The van der Waals surface area contributed by atoms with Gasteiger partial charge < -0.3 is 5.32 Å². The molecule has 0 bridgehead atoms. The average Bonchev–Trinajstić information content (AvgIpc) is 2.45. The second kappa shape index (κ2) is 6.58. The lowest BCUT2D eigenvalue weighted by molar-refractivity contribution is 0.0948. The number of aryl methyl sites for hydroxylation is 2. The van der Waals surface area contributed by atoms with Crippen LogP contribution >= 0.6 is 0 Å². The molecule has 0 fully saturated rings. The molecule has 19 heavy (non-hydrogen) atoms. The quantitative estimate of drug-likeness (QED) is 0.824. The molecule has 0 aliphatic heterocycles. The number of hydrogen-bond acceptors (Lipinski definition) is 4. The number of rotatable bonds is 5. The van der Waals surface area contributed by atoms with Gasteiger partial charge in [-0.15, -0.1) is 0 Å². The predicted molar refractivity (Wildman–Crippen MR) is 71.7 cm³/mol. The molecule has 98 valence electrons. The van der Waals surface area contributed by atoms with Crippen LogP contribution in [0.4, 0.5) is 0 Å². The molecule has 0 saturated carbocycles. The second-order valence-corrected chi connectivity index (χ2v) is 4.22. The number of pyridine rings is 1. The lowest BCUT2D eigenvalue weighted by Crippen LogP contribution is -2.25. The molecule has 0 radical (unpaired) electrons. The van der Waals surface area contributed by atoms with Gasteiger partial charge in [0.25, 0.3) is 5.91 Å². The number of nitrogens with zero attached hydrogens (tertiary/aromatic N) is 3. The third kappa shape index (κ3) is 4.13. The van der Waals surface area contributed by atoms with E-state index in [0.29, 0.717) is 12.2 Å². The van der Waals surface area contributed by atoms with Crippen LogP contribution < -0.4 is 5.32 Å². The molecule has 1 amide bonds. The SMILES string of the molecule is Cc1cnc(C(=O)NCCCc2ccccn2)cn1. The van der Waals surface area contributed by atoms with Gasteiger partial charge in [-0.2, -0.15) is 0 Å². The van der Waals surface area contributed by atoms with Crippen molar-refractivity contribution in [2.75, 3.05) is 6.54 Å². The fourth-order valence-electron chi connectivity index (χ4n) is 1.62. The van der Waals surface area contributed by atoms with Crippen LogP contribution in [0.15, 0.2) is 36.8 Å². The van der Waals surface area contributed by atoms with E-state index in [1.165, 1.54) is 6.20 Å². The molecule has 1 N–H and O–H groups in total. The zero-order valence-electron chi connectivity index (χ0n) is 10.8. The third-order valence-electron chi connectivity index (χ3n) is 2.63. The monoisotopic (exact) mass is 256 g/mol. The molecule has 2 heterocycles. The highest BCUT2D eigenvalue weighted by molar-refractivity contribution is 5.91. The first-order valence-corrected chi connectivity index (χ1v) is 6.22. The van der Waals surface area contributed by atoms with E-state index in [4.69, 9.17) is 0 Å². The second-order valence-electron chi connectivity index (χ2n) is 4.22. The van der Waals surface area contributed by atoms with E-state index in [0.717, 1.165) is 24.2 Å². The van der Waals surface area contributed by atoms with Crippen molar-refractivity contribution in [3.05, 3.63) is 53.9 Å². The van der Waals surface area contributed by atoms with Gasteiger partial charge in [-0.1, -0.05) is 6.07 Å². The summed E-state index contributed by atoms with van der Waals surface area (Å²) in [5, 5.41) is 2.82. The molecule has 5 heteroatoms. The van der Waals surface area contributed by atoms with Crippen molar-refractivity contribution in [2.24, 2.45) is 0 Å². The van der Waals surface area contributed by atoms with Crippen LogP contribution in [0.5, 0.6) is 0 Å². The molecule has 0 saturated heterocycles. The summed E-state index contributed by atoms with van der Waals surface area (Å²) in [6.45, 7) is 2.44. The molecule has 0 aliphatic carbocycles. The number of nitrogens with one attached hydrogen (secondary N) is 1. The number of carbonyl (C=O) groups excluding carboxylic acids is 1. The molecule has 0 atom stereocenters. The number of hydrogen-bond donors (Lipinski definition) is 1. The molecule has 2 aromatic heterocycles. The van der Waals surface area contributed by atoms with Gasteiger partial charge in [0, 0.05) is 24.6 Å². The van der Waals surface area contributed by atoms with E-state index >= 15 is 0 Å². The largest absolute Gasteiger partial charge is 0.351 e. The first kappa shape index (κ1) is 13.1. The Labute approximate surface area is 112 Å². The van der Waals surface area contributed by atoms with E-state index in [1.54, 1.807) is 12.4 Å². The van der Waals surface area contributed by atoms with Crippen LogP contribution in [0.2, 0.25) is 0 Å². The van der Waals surface area contributed by atoms with Gasteiger partial charge in [-0.3, -0.25) is 14.8 Å². The minimum absolute atomic E-state index is 0.187. The van der Waals surface area contributed by atoms with E-state index in [1.807, 2.05) is 25.1 Å². The number of amides is 1. The van der Waals surface area contributed by atoms with Gasteiger partial charge in [0.05, 0.1) is 11.9 Å². The zero-order valence-corrected chi connectivity index (χ0v) is 10.8. The maximum absolute atomic E-state index is 11.7. The standard InChI is InChI=1S/C14H16N4O/c1-11-9-18-13(10-17-11)14(19)16-8-4-6-12-5-2-3-7-15-12/h2-3,5,7,9-10H,4,6,8H2,1H3,(H,16,19). The summed E-state index contributed by atoms with van der Waals surface area (Å²) >= 11 is 0. The van der Waals surface area contributed by atoms with Crippen LogP contribution in [0, 0.1) is 6.92 Å². The molecule has 2 rings (SSSR count). The summed E-state index contributed by atoms with van der Waals surface area (Å²) in [6.07, 6.45) is 6.55. The summed E-state index contributed by atoms with van der Waals surface area (Å²) in [7, 11) is 0. The van der Waals surface area contributed by atoms with Crippen LogP contribution in [0.25, 0.3) is 0 Å². The van der Waals surface area contributed by atoms with Gasteiger partial charge >= 0.3 is 0 Å². The van der Waals surface area contributed by atoms with Crippen molar-refractivity contribution < 1.29 is 4.79 Å². The predicted octanol–water partition coefficient (Wildman–Crippen LogP) is 1.54. The molecule has 0 aromatic carbocycles. The highest BCUT2D eigenvalue weighted by Gasteiger charge is 2.06. The molecular weight excluding hydrogens is 240 g/mol. The fraction of sp³-hybridized carbons (Fsp3) is 0.286. The number of carbonyl (C=O) groups is 1. The van der Waals surface area contributed by atoms with Crippen molar-refractivity contribution in [3.63, 3.8) is 0 Å². The highest BCUT2D eigenvalue weighted by Crippen LogP contribution is 1.98. The Morgan fingerprint density at radius 2 is 2.11 bits per heavy atom. The summed E-state index contributed by atoms with van der Waals surface area (Å²) in [5.41, 5.74) is 2.18. The summed E-state index contributed by atoms with van der Waals surface area (Å²) in [6, 6.07) is 5.83. The Hall–Kier alpha value is -2.30. The first-order chi connectivity index (χ1) is 9.25. The van der Waals surface area contributed by atoms with Gasteiger partial charge in [0.15, 0.2) is 0 Å². The Bertz CT molecular complexity index is 525. The molecule has 5 nitrogen and oxygen atoms in total. The van der Waals surface area contributed by atoms with Crippen LogP contribution in [-0.4, -0.2) is 27.4 Å². The van der Waals surface area contributed by atoms with Crippen molar-refractivity contribution in [2.45, 2.75) is 19.8 Å². The topological polar surface area (TPSA) is 67.8 Å². The number of aromatic nitrogens is 3. The maximum atomic E-state index is 11.7. The Kier molecular flexibility index (Phi) is 4.55. The smallest absolute Gasteiger partial charge is 0.271 e. The summed E-state index contributed by atoms with van der Waals surface area (Å²) in [4.78, 5) is 24.0. The van der Waals surface area contributed by atoms with E-state index in [9.17, 15) is 4.79 Å². The third-order valence-corrected chi connectivity index (χ3v) is 2.63. The summed E-state index contributed by atoms with van der Waals surface area (Å²) < 4.78 is 0. The zero-order chi connectivity index (χ0) is 13.5. The van der Waals surface area contributed by atoms with Crippen LogP contribution in [-0.2, 0) is 6.42 Å². The maximum Gasteiger partial charge on any atom is 0.271 e. The minimum atomic E-state index is -0.187. The van der Waals surface area contributed by atoms with E-state index in [-0.39, 0.29) is 5.91 Å². The lowest BCUT2D eigenvalue weighted by Gasteiger charge is -2.04. The van der Waals surface area contributed by atoms with Gasteiger partial charge in [-0.05, 0) is 31.9 Å². The van der Waals surface area contributed by atoms with E-state index in [2.05, 4.69) is 20.3 Å². The first-order valence-electron chi connectivity index (χ1n) is 6.22. The molecule has 0 unspecified atom stereocenters. The minimum Gasteiger partial charge on any atom is -0.351 e. The molecule has 2 aromatic rings. The van der Waals surface area contributed by atoms with Crippen molar-refractivity contribution >= 4 is 5.91 Å². The van der Waals surface area contributed by atoms with E-state index < -0.39 is 0 Å². The Morgan fingerprint density at radius 1 is 1.21 bits per heavy atom. The fourth-order valence-corrected chi connectivity index (χ4v) is 1.62. The van der Waals surface area contributed by atoms with Crippen LogP contribution in [0.1, 0.15) is 28.3 Å². The van der Waals surface area contributed by atoms with Gasteiger partial charge in [0.1, 0.15) is 5.69 Å². The average molecular weight is 256 g/mol. The van der Waals surface area contributed by atoms with Crippen molar-refractivity contribution in [3.8, 4) is 0 Å². The molecule has 0 aliphatic rings. The highest BCUT2D eigenvalue weighted by atomic mass is 16.1. The normalized spacial score (nSPS) is 10.2. The molecule has 0 spiro atoms. The van der Waals surface area contributed by atoms with Gasteiger partial charge in [-0.25, -0.2) is 4.98 Å². The Morgan fingerprint density at radius 3 is 2.79 bits per heavy atom.